The summed E-state index contributed by atoms with van der Waals surface area (Å²) in [6.45, 7) is 13.8. The van der Waals surface area contributed by atoms with E-state index < -0.39 is 11.5 Å². The van der Waals surface area contributed by atoms with Gasteiger partial charge in [-0.25, -0.2) is 4.79 Å². The zero-order valence-electron chi connectivity index (χ0n) is 17.1. The molecule has 152 valence electrons. The number of fused-ring (bicyclic) bond motifs is 2. The van der Waals surface area contributed by atoms with Crippen molar-refractivity contribution in [2.45, 2.75) is 43.9 Å². The van der Waals surface area contributed by atoms with Crippen LogP contribution in [0.15, 0.2) is 49.7 Å². The van der Waals surface area contributed by atoms with Gasteiger partial charge in [-0.05, 0) is 41.9 Å². The van der Waals surface area contributed by atoms with Gasteiger partial charge in [-0.3, -0.25) is 9.36 Å². The normalized spacial score (nSPS) is 29.9. The van der Waals surface area contributed by atoms with Crippen molar-refractivity contribution < 1.29 is 14.3 Å². The van der Waals surface area contributed by atoms with Crippen molar-refractivity contribution in [3.8, 4) is 0 Å². The molecule has 4 atom stereocenters. The Bertz CT molecular complexity index is 1050. The Hall–Kier alpha value is -2.33. The number of benzene rings is 1. The third kappa shape index (κ3) is 2.58. The molecule has 0 N–H and O–H groups in total. The fraction of sp³-hybridized carbons (Fsp3) is 0.417. The lowest BCUT2D eigenvalue weighted by molar-refractivity contribution is -0.132. The number of nitrogens with zero attached hydrogens (tertiary/aromatic N) is 1. The molecule has 1 aromatic heterocycles. The van der Waals surface area contributed by atoms with Crippen LogP contribution in [-0.4, -0.2) is 28.4 Å². The highest BCUT2D eigenvalue weighted by atomic mass is 35.5. The van der Waals surface area contributed by atoms with E-state index in [2.05, 4.69) is 33.1 Å². The van der Waals surface area contributed by atoms with E-state index in [4.69, 9.17) is 16.3 Å². The van der Waals surface area contributed by atoms with Gasteiger partial charge in [0.1, 0.15) is 6.61 Å². The Morgan fingerprint density at radius 2 is 2.07 bits per heavy atom. The third-order valence-corrected chi connectivity index (χ3v) is 7.72. The fourth-order valence-corrected chi connectivity index (χ4v) is 5.60. The van der Waals surface area contributed by atoms with Crippen molar-refractivity contribution >= 4 is 34.4 Å². The molecule has 0 bridgehead atoms. The molecule has 0 aliphatic heterocycles. The summed E-state index contributed by atoms with van der Waals surface area (Å²) in [6.07, 6.45) is 5.23. The van der Waals surface area contributed by atoms with E-state index in [1.807, 2.05) is 19.1 Å². The molecule has 2 aliphatic carbocycles. The molecule has 4 rings (SSSR count). The van der Waals surface area contributed by atoms with Gasteiger partial charge in [0.05, 0.1) is 10.9 Å². The number of hydrogen-bond donors (Lipinski definition) is 0. The predicted octanol–water partition coefficient (Wildman–Crippen LogP) is 5.58. The summed E-state index contributed by atoms with van der Waals surface area (Å²) in [4.78, 5) is 26.4. The standard InChI is InChI=1S/C24H26ClNO3/c1-6-11-29-22(28)26-13-14-19-15(9-8-10-17(19)26)23(3,4)16-12-18(25)24(5,7-2)21(27)20(14)16/h6-10,13,16,18,20H,1-2,11-12H2,3-5H3/t16-,18+,20+,24-/m0/s1. The first kappa shape index (κ1) is 20.0. The van der Waals surface area contributed by atoms with Gasteiger partial charge in [0.2, 0.25) is 0 Å². The number of carbonyl (C=O) groups excluding carboxylic acids is 2. The SMILES string of the molecule is C=CCOC(=O)n1cc2c3c(cccc31)C(C)(C)[C@H]1C[C@@H](Cl)[C@](C)(C=C)C(=O)[C@H]21. The molecule has 1 aromatic carbocycles. The van der Waals surface area contributed by atoms with Crippen LogP contribution < -0.4 is 0 Å². The summed E-state index contributed by atoms with van der Waals surface area (Å²) < 4.78 is 6.80. The second-order valence-electron chi connectivity index (χ2n) is 8.88. The molecule has 0 radical (unpaired) electrons. The molecule has 2 aromatic rings. The zero-order valence-corrected chi connectivity index (χ0v) is 17.8. The lowest BCUT2D eigenvalue weighted by Crippen LogP contribution is -2.52. The van der Waals surface area contributed by atoms with Gasteiger partial charge >= 0.3 is 6.09 Å². The number of Topliss-reactive ketones (excluding diaryl/α,β-unsaturated/α-hetero) is 1. The van der Waals surface area contributed by atoms with E-state index in [-0.39, 0.29) is 35.0 Å². The summed E-state index contributed by atoms with van der Waals surface area (Å²) in [7, 11) is 0. The number of ketones is 1. The maximum atomic E-state index is 13.7. The molecule has 0 amide bonds. The average molecular weight is 412 g/mol. The van der Waals surface area contributed by atoms with Gasteiger partial charge in [0.15, 0.2) is 5.78 Å². The second-order valence-corrected chi connectivity index (χ2v) is 9.41. The maximum Gasteiger partial charge on any atom is 0.418 e. The van der Waals surface area contributed by atoms with Gasteiger partial charge in [-0.2, -0.15) is 0 Å². The molecule has 2 aliphatic rings. The van der Waals surface area contributed by atoms with Gasteiger partial charge in [0, 0.05) is 22.9 Å². The molecule has 0 spiro atoms. The topological polar surface area (TPSA) is 48.3 Å². The third-order valence-electron chi connectivity index (χ3n) is 7.09. The molecule has 1 fully saturated rings. The minimum Gasteiger partial charge on any atom is -0.445 e. The van der Waals surface area contributed by atoms with E-state index in [0.717, 1.165) is 22.0 Å². The van der Waals surface area contributed by atoms with Crippen LogP contribution in [0.2, 0.25) is 0 Å². The Morgan fingerprint density at radius 3 is 2.72 bits per heavy atom. The monoisotopic (exact) mass is 411 g/mol. The summed E-state index contributed by atoms with van der Waals surface area (Å²) in [5.74, 6) is -0.220. The number of carbonyl (C=O) groups is 2. The first-order valence-electron chi connectivity index (χ1n) is 9.93. The van der Waals surface area contributed by atoms with Crippen molar-refractivity contribution in [1.82, 2.24) is 4.57 Å². The number of allylic oxidation sites excluding steroid dienone is 1. The minimum absolute atomic E-state index is 0.0451. The quantitative estimate of drug-likeness (QED) is 0.489. The number of alkyl halides is 1. The molecule has 1 saturated carbocycles. The van der Waals surface area contributed by atoms with Crippen molar-refractivity contribution in [2.75, 3.05) is 6.61 Å². The first-order valence-corrected chi connectivity index (χ1v) is 10.4. The average Bonchev–Trinajstić information content (AvgIpc) is 3.08. The minimum atomic E-state index is -0.803. The van der Waals surface area contributed by atoms with Crippen LogP contribution in [0.3, 0.4) is 0 Å². The van der Waals surface area contributed by atoms with E-state index in [9.17, 15) is 9.59 Å². The highest BCUT2D eigenvalue weighted by Gasteiger charge is 2.57. The van der Waals surface area contributed by atoms with Gasteiger partial charge in [-0.1, -0.05) is 44.7 Å². The van der Waals surface area contributed by atoms with Crippen LogP contribution in [0.5, 0.6) is 0 Å². The van der Waals surface area contributed by atoms with Crippen LogP contribution in [0.4, 0.5) is 4.79 Å². The Labute approximate surface area is 176 Å². The van der Waals surface area contributed by atoms with E-state index >= 15 is 0 Å². The lowest BCUT2D eigenvalue weighted by atomic mass is 9.52. The molecule has 5 heteroatoms. The summed E-state index contributed by atoms with van der Waals surface area (Å²) >= 11 is 6.73. The molecular weight excluding hydrogens is 386 g/mol. The molecular formula is C24H26ClNO3. The second kappa shape index (κ2) is 6.60. The first-order chi connectivity index (χ1) is 13.7. The zero-order chi connectivity index (χ0) is 21.1. The number of rotatable bonds is 3. The highest BCUT2D eigenvalue weighted by molar-refractivity contribution is 6.24. The van der Waals surface area contributed by atoms with Crippen LogP contribution in [0, 0.1) is 11.3 Å². The van der Waals surface area contributed by atoms with Gasteiger partial charge < -0.3 is 4.74 Å². The van der Waals surface area contributed by atoms with E-state index in [1.54, 1.807) is 12.3 Å². The van der Waals surface area contributed by atoms with Crippen LogP contribution in [0.25, 0.3) is 10.9 Å². The Balaban J connectivity index is 1.98. The fourth-order valence-electron chi connectivity index (χ4n) is 5.21. The van der Waals surface area contributed by atoms with Crippen molar-refractivity contribution in [1.29, 1.82) is 0 Å². The molecule has 1 heterocycles. The Morgan fingerprint density at radius 1 is 1.34 bits per heavy atom. The summed E-state index contributed by atoms with van der Waals surface area (Å²) in [6, 6.07) is 5.95. The maximum absolute atomic E-state index is 13.7. The van der Waals surface area contributed by atoms with E-state index in [1.165, 1.54) is 10.6 Å². The van der Waals surface area contributed by atoms with Crippen LogP contribution in [-0.2, 0) is 14.9 Å². The molecule has 0 unspecified atom stereocenters. The molecule has 29 heavy (non-hydrogen) atoms. The van der Waals surface area contributed by atoms with Crippen molar-refractivity contribution in [3.05, 3.63) is 60.8 Å². The van der Waals surface area contributed by atoms with Crippen LogP contribution >= 0.6 is 11.6 Å². The molecule has 0 saturated heterocycles. The lowest BCUT2D eigenvalue weighted by Gasteiger charge is -2.51. The smallest absolute Gasteiger partial charge is 0.418 e. The van der Waals surface area contributed by atoms with Gasteiger partial charge in [0.25, 0.3) is 0 Å². The van der Waals surface area contributed by atoms with Crippen molar-refractivity contribution in [2.24, 2.45) is 11.3 Å². The summed E-state index contributed by atoms with van der Waals surface area (Å²) in [5.41, 5.74) is 1.72. The largest absolute Gasteiger partial charge is 0.445 e. The summed E-state index contributed by atoms with van der Waals surface area (Å²) in [5, 5.41) is 0.663. The highest BCUT2D eigenvalue weighted by Crippen LogP contribution is 2.58. The number of hydrogen-bond acceptors (Lipinski definition) is 3. The molecule has 4 nitrogen and oxygen atoms in total. The Kier molecular flexibility index (Phi) is 4.54. The number of aromatic nitrogens is 1. The van der Waals surface area contributed by atoms with Crippen molar-refractivity contribution in [3.63, 3.8) is 0 Å². The van der Waals surface area contributed by atoms with E-state index in [0.29, 0.717) is 6.42 Å². The number of halogens is 1. The predicted molar refractivity (Wildman–Crippen MR) is 116 cm³/mol. The number of ether oxygens (including phenoxy) is 1. The van der Waals surface area contributed by atoms with Crippen LogP contribution in [0.1, 0.15) is 44.2 Å². The van der Waals surface area contributed by atoms with Gasteiger partial charge in [-0.15, -0.1) is 18.2 Å².